The van der Waals surface area contributed by atoms with Crippen LogP contribution in [-0.4, -0.2) is 12.2 Å². The van der Waals surface area contributed by atoms with E-state index in [4.69, 9.17) is 4.42 Å². The van der Waals surface area contributed by atoms with E-state index in [9.17, 15) is 9.18 Å². The lowest BCUT2D eigenvalue weighted by atomic mass is 10.1. The summed E-state index contributed by atoms with van der Waals surface area (Å²) < 4.78 is 18.9. The lowest BCUT2D eigenvalue weighted by Crippen LogP contribution is -2.11. The smallest absolute Gasteiger partial charge is 0.291 e. The highest BCUT2D eigenvalue weighted by atomic mass is 32.2. The van der Waals surface area contributed by atoms with Gasteiger partial charge in [-0.05, 0) is 55.6 Å². The molecular weight excluding hydrogens is 301 g/mol. The second kappa shape index (κ2) is 5.85. The summed E-state index contributed by atoms with van der Waals surface area (Å²) in [4.78, 5) is 13.5. The van der Waals surface area contributed by atoms with Gasteiger partial charge in [-0.1, -0.05) is 0 Å². The molecule has 0 spiro atoms. The molecule has 0 atom stereocenters. The molecule has 3 rings (SSSR count). The number of thioether (sulfide) groups is 1. The molecule has 3 aromatic rings. The van der Waals surface area contributed by atoms with Crippen molar-refractivity contribution < 1.29 is 13.6 Å². The monoisotopic (exact) mass is 315 g/mol. The molecular formula is C17H14FNO2S. The molecule has 2 aromatic carbocycles. The maximum atomic E-state index is 13.3. The van der Waals surface area contributed by atoms with Crippen molar-refractivity contribution in [1.82, 2.24) is 0 Å². The Bertz CT molecular complexity index is 840. The minimum absolute atomic E-state index is 0.203. The highest BCUT2D eigenvalue weighted by Crippen LogP contribution is 2.27. The first kappa shape index (κ1) is 14.7. The number of halogens is 1. The van der Waals surface area contributed by atoms with Gasteiger partial charge in [0.1, 0.15) is 11.4 Å². The van der Waals surface area contributed by atoms with Crippen molar-refractivity contribution >= 4 is 34.3 Å². The number of hydrogen-bond acceptors (Lipinski definition) is 3. The Hall–Kier alpha value is -2.27. The summed E-state index contributed by atoms with van der Waals surface area (Å²) in [6.45, 7) is 1.75. The summed E-state index contributed by atoms with van der Waals surface area (Å²) in [5.74, 6) is -0.489. The molecule has 1 aromatic heterocycles. The minimum atomic E-state index is -0.351. The van der Waals surface area contributed by atoms with E-state index in [1.54, 1.807) is 18.7 Å². The highest BCUT2D eigenvalue weighted by Gasteiger charge is 2.18. The number of carbonyl (C=O) groups excluding carboxylic acids is 1. The largest absolute Gasteiger partial charge is 0.451 e. The van der Waals surface area contributed by atoms with Crippen molar-refractivity contribution in [3.8, 4) is 0 Å². The predicted molar refractivity (Wildman–Crippen MR) is 87.1 cm³/mol. The van der Waals surface area contributed by atoms with E-state index in [-0.39, 0.29) is 17.5 Å². The van der Waals surface area contributed by atoms with Gasteiger partial charge >= 0.3 is 0 Å². The molecule has 3 nitrogen and oxygen atoms in total. The van der Waals surface area contributed by atoms with E-state index < -0.39 is 0 Å². The summed E-state index contributed by atoms with van der Waals surface area (Å²) in [5, 5.41) is 3.40. The van der Waals surface area contributed by atoms with E-state index >= 15 is 0 Å². The fourth-order valence-electron chi connectivity index (χ4n) is 2.27. The van der Waals surface area contributed by atoms with Gasteiger partial charge in [-0.2, -0.15) is 0 Å². The van der Waals surface area contributed by atoms with Crippen LogP contribution in [0.1, 0.15) is 16.1 Å². The lowest BCUT2D eigenvalue weighted by Gasteiger charge is -2.04. The van der Waals surface area contributed by atoms with E-state index in [2.05, 4.69) is 5.32 Å². The van der Waals surface area contributed by atoms with Crippen LogP contribution in [0.15, 0.2) is 51.8 Å². The zero-order valence-electron chi connectivity index (χ0n) is 12.1. The second-order valence-corrected chi connectivity index (χ2v) is 5.76. The Labute approximate surface area is 131 Å². The zero-order chi connectivity index (χ0) is 15.7. The molecule has 0 bridgehead atoms. The average molecular weight is 315 g/mol. The highest BCUT2D eigenvalue weighted by molar-refractivity contribution is 7.98. The molecule has 1 heterocycles. The van der Waals surface area contributed by atoms with Gasteiger partial charge in [-0.15, -0.1) is 11.8 Å². The Morgan fingerprint density at radius 1 is 1.18 bits per heavy atom. The average Bonchev–Trinajstić information content (AvgIpc) is 2.85. The maximum Gasteiger partial charge on any atom is 0.291 e. The summed E-state index contributed by atoms with van der Waals surface area (Å²) in [7, 11) is 0. The molecule has 1 N–H and O–H groups in total. The predicted octanol–water partition coefficient (Wildman–Crippen LogP) is 4.85. The standard InChI is InChI=1S/C17H14FNO2S/c1-10-14-9-11(18)3-8-15(14)21-16(10)17(20)19-12-4-6-13(22-2)7-5-12/h3-9H,1-2H3,(H,19,20). The third-order valence-electron chi connectivity index (χ3n) is 3.45. The number of amides is 1. The second-order valence-electron chi connectivity index (χ2n) is 4.88. The number of rotatable bonds is 3. The summed E-state index contributed by atoms with van der Waals surface area (Å²) in [5.41, 5.74) is 1.82. The van der Waals surface area contributed by atoms with Gasteiger partial charge < -0.3 is 9.73 Å². The van der Waals surface area contributed by atoms with Crippen LogP contribution in [0, 0.1) is 12.7 Å². The Morgan fingerprint density at radius 2 is 1.91 bits per heavy atom. The molecule has 0 unspecified atom stereocenters. The number of benzene rings is 2. The number of carbonyl (C=O) groups is 1. The number of nitrogens with one attached hydrogen (secondary N) is 1. The normalized spacial score (nSPS) is 10.9. The van der Waals surface area contributed by atoms with Crippen LogP contribution in [0.4, 0.5) is 10.1 Å². The molecule has 1 amide bonds. The van der Waals surface area contributed by atoms with Crippen molar-refractivity contribution in [2.75, 3.05) is 11.6 Å². The van der Waals surface area contributed by atoms with Gasteiger partial charge in [-0.25, -0.2) is 4.39 Å². The van der Waals surface area contributed by atoms with Crippen LogP contribution in [0.3, 0.4) is 0 Å². The van der Waals surface area contributed by atoms with Crippen LogP contribution in [0.25, 0.3) is 11.0 Å². The Kier molecular flexibility index (Phi) is 3.90. The van der Waals surface area contributed by atoms with Crippen LogP contribution < -0.4 is 5.32 Å². The van der Waals surface area contributed by atoms with Crippen LogP contribution in [0.5, 0.6) is 0 Å². The summed E-state index contributed by atoms with van der Waals surface area (Å²) in [6, 6.07) is 11.7. The fourth-order valence-corrected chi connectivity index (χ4v) is 2.68. The number of fused-ring (bicyclic) bond motifs is 1. The van der Waals surface area contributed by atoms with E-state index in [0.717, 1.165) is 4.90 Å². The topological polar surface area (TPSA) is 42.2 Å². The first-order valence-corrected chi connectivity index (χ1v) is 7.95. The van der Waals surface area contributed by atoms with Crippen molar-refractivity contribution in [1.29, 1.82) is 0 Å². The minimum Gasteiger partial charge on any atom is -0.451 e. The van der Waals surface area contributed by atoms with E-state index in [1.807, 2.05) is 30.5 Å². The number of hydrogen-bond donors (Lipinski definition) is 1. The van der Waals surface area contributed by atoms with Gasteiger partial charge in [0.15, 0.2) is 5.76 Å². The summed E-state index contributed by atoms with van der Waals surface area (Å²) >= 11 is 1.63. The molecule has 22 heavy (non-hydrogen) atoms. The SMILES string of the molecule is CSc1ccc(NC(=O)c2oc3ccc(F)cc3c2C)cc1. The Balaban J connectivity index is 1.89. The molecule has 0 fully saturated rings. The van der Waals surface area contributed by atoms with Crippen molar-refractivity contribution in [2.45, 2.75) is 11.8 Å². The molecule has 0 radical (unpaired) electrons. The molecule has 0 saturated carbocycles. The molecule has 0 aliphatic rings. The quantitative estimate of drug-likeness (QED) is 0.702. The van der Waals surface area contributed by atoms with Crippen molar-refractivity contribution in [3.05, 3.63) is 59.6 Å². The first-order chi connectivity index (χ1) is 10.6. The fraction of sp³-hybridized carbons (Fsp3) is 0.118. The van der Waals surface area contributed by atoms with Crippen LogP contribution >= 0.6 is 11.8 Å². The molecule has 0 saturated heterocycles. The number of aryl methyl sites for hydroxylation is 1. The van der Waals surface area contributed by atoms with Gasteiger partial charge in [0.05, 0.1) is 0 Å². The van der Waals surface area contributed by atoms with Gasteiger partial charge in [-0.3, -0.25) is 4.79 Å². The third kappa shape index (κ3) is 2.72. The molecule has 0 aliphatic carbocycles. The van der Waals surface area contributed by atoms with E-state index in [0.29, 0.717) is 22.2 Å². The molecule has 0 aliphatic heterocycles. The lowest BCUT2D eigenvalue weighted by molar-refractivity contribution is 0.0998. The maximum absolute atomic E-state index is 13.3. The Morgan fingerprint density at radius 3 is 2.59 bits per heavy atom. The summed E-state index contributed by atoms with van der Waals surface area (Å²) in [6.07, 6.45) is 1.99. The van der Waals surface area contributed by atoms with Gasteiger partial charge in [0.25, 0.3) is 5.91 Å². The number of anilines is 1. The zero-order valence-corrected chi connectivity index (χ0v) is 13.0. The molecule has 5 heteroatoms. The van der Waals surface area contributed by atoms with Crippen LogP contribution in [0.2, 0.25) is 0 Å². The molecule has 112 valence electrons. The first-order valence-electron chi connectivity index (χ1n) is 6.72. The number of furan rings is 1. The van der Waals surface area contributed by atoms with Crippen LogP contribution in [-0.2, 0) is 0 Å². The van der Waals surface area contributed by atoms with Gasteiger partial charge in [0.2, 0.25) is 0 Å². The van der Waals surface area contributed by atoms with Crippen molar-refractivity contribution in [2.24, 2.45) is 0 Å². The van der Waals surface area contributed by atoms with Gasteiger partial charge in [0, 0.05) is 21.5 Å². The van der Waals surface area contributed by atoms with Crippen molar-refractivity contribution in [3.63, 3.8) is 0 Å². The third-order valence-corrected chi connectivity index (χ3v) is 4.20. The van der Waals surface area contributed by atoms with E-state index in [1.165, 1.54) is 18.2 Å².